The highest BCUT2D eigenvalue weighted by atomic mass is 28.3. The van der Waals surface area contributed by atoms with Crippen molar-refractivity contribution in [1.82, 2.24) is 0 Å². The summed E-state index contributed by atoms with van der Waals surface area (Å²) >= 11 is 0. The van der Waals surface area contributed by atoms with E-state index in [0.717, 1.165) is 24.5 Å². The maximum absolute atomic E-state index is 12.5. The van der Waals surface area contributed by atoms with Crippen LogP contribution in [0, 0.1) is 11.3 Å². The van der Waals surface area contributed by atoms with E-state index in [4.69, 9.17) is 0 Å². The van der Waals surface area contributed by atoms with E-state index in [1.54, 1.807) is 0 Å². The molecule has 88 valence electrons. The zero-order valence-electron chi connectivity index (χ0n) is 10.6. The van der Waals surface area contributed by atoms with Crippen LogP contribution in [-0.2, 0) is 9.59 Å². The number of hydrogen-bond donors (Lipinski definition) is 0. The van der Waals surface area contributed by atoms with Crippen molar-refractivity contribution < 1.29 is 9.59 Å². The molecule has 2 atom stereocenters. The Morgan fingerprint density at radius 3 is 2.50 bits per heavy atom. The lowest BCUT2D eigenvalue weighted by Gasteiger charge is -2.41. The number of rotatable bonds is 1. The van der Waals surface area contributed by atoms with E-state index in [-0.39, 0.29) is 17.5 Å². The minimum atomic E-state index is -1.60. The lowest BCUT2D eigenvalue weighted by molar-refractivity contribution is -0.143. The van der Waals surface area contributed by atoms with E-state index in [0.29, 0.717) is 0 Å². The van der Waals surface area contributed by atoms with Crippen LogP contribution in [0.4, 0.5) is 0 Å². The normalized spacial score (nSPS) is 35.0. The molecule has 2 bridgehead atoms. The van der Waals surface area contributed by atoms with Crippen molar-refractivity contribution in [2.45, 2.75) is 45.8 Å². The molecule has 2 rings (SSSR count). The standard InChI is InChI=1S/C13H20O2Si/c1-13-7-5-6-9(11(13)14)8-10(12(13)15)16(2,3)4/h8-9H,5-7H2,1-4H3/t9-,13-/m1/s1. The first kappa shape index (κ1) is 11.8. The average Bonchev–Trinajstić information content (AvgIpc) is 2.15. The van der Waals surface area contributed by atoms with Gasteiger partial charge in [-0.15, -0.1) is 0 Å². The summed E-state index contributed by atoms with van der Waals surface area (Å²) in [5.41, 5.74) is -0.687. The van der Waals surface area contributed by atoms with Crippen LogP contribution in [0.1, 0.15) is 26.2 Å². The highest BCUT2D eigenvalue weighted by Crippen LogP contribution is 2.44. The molecule has 0 heterocycles. The molecule has 0 unspecified atom stereocenters. The number of allylic oxidation sites excluding steroid dienone is 2. The van der Waals surface area contributed by atoms with Crippen LogP contribution in [0.15, 0.2) is 11.3 Å². The maximum atomic E-state index is 12.5. The first-order chi connectivity index (χ1) is 7.27. The Kier molecular flexibility index (Phi) is 2.50. The fourth-order valence-corrected chi connectivity index (χ4v) is 4.55. The molecule has 0 aromatic carbocycles. The summed E-state index contributed by atoms with van der Waals surface area (Å²) < 4.78 is 0. The number of carbonyl (C=O) groups excluding carboxylic acids is 2. The summed E-state index contributed by atoms with van der Waals surface area (Å²) in [7, 11) is -1.60. The second kappa shape index (κ2) is 3.39. The van der Waals surface area contributed by atoms with Crippen LogP contribution < -0.4 is 0 Å². The molecule has 1 fully saturated rings. The second-order valence-electron chi connectivity index (χ2n) is 6.35. The molecule has 0 amide bonds. The van der Waals surface area contributed by atoms with E-state index < -0.39 is 13.5 Å². The van der Waals surface area contributed by atoms with Crippen LogP contribution in [0.5, 0.6) is 0 Å². The van der Waals surface area contributed by atoms with Crippen molar-refractivity contribution in [1.29, 1.82) is 0 Å². The van der Waals surface area contributed by atoms with Gasteiger partial charge in [0.25, 0.3) is 0 Å². The van der Waals surface area contributed by atoms with Gasteiger partial charge in [0.1, 0.15) is 0 Å². The van der Waals surface area contributed by atoms with E-state index in [2.05, 4.69) is 19.6 Å². The predicted molar refractivity (Wildman–Crippen MR) is 66.9 cm³/mol. The van der Waals surface area contributed by atoms with Crippen molar-refractivity contribution >= 4 is 19.6 Å². The summed E-state index contributed by atoms with van der Waals surface area (Å²) in [5, 5.41) is 0.999. The van der Waals surface area contributed by atoms with Crippen molar-refractivity contribution in [3.05, 3.63) is 11.3 Å². The topological polar surface area (TPSA) is 34.1 Å². The minimum absolute atomic E-state index is 0.0261. The van der Waals surface area contributed by atoms with Gasteiger partial charge in [0.05, 0.1) is 13.5 Å². The first-order valence-electron chi connectivity index (χ1n) is 6.08. The van der Waals surface area contributed by atoms with E-state index in [1.807, 2.05) is 13.0 Å². The molecule has 0 aliphatic heterocycles. The SMILES string of the molecule is C[C@]12CCC[C@H](C=C([Si](C)(C)C)C1=O)C2=O. The third-order valence-electron chi connectivity index (χ3n) is 3.99. The molecule has 0 aromatic heterocycles. The summed E-state index contributed by atoms with van der Waals surface area (Å²) in [5.74, 6) is 0.330. The fraction of sp³-hybridized carbons (Fsp3) is 0.692. The van der Waals surface area contributed by atoms with E-state index >= 15 is 0 Å². The maximum Gasteiger partial charge on any atom is 0.167 e. The molecule has 2 nitrogen and oxygen atoms in total. The fourth-order valence-electron chi connectivity index (χ4n) is 2.89. The predicted octanol–water partition coefficient (Wildman–Crippen LogP) is 2.75. The monoisotopic (exact) mass is 236 g/mol. The molecule has 1 saturated carbocycles. The average molecular weight is 236 g/mol. The largest absolute Gasteiger partial charge is 0.298 e. The number of carbonyl (C=O) groups is 2. The Bertz CT molecular complexity index is 389. The van der Waals surface area contributed by atoms with Gasteiger partial charge in [-0.2, -0.15) is 0 Å². The van der Waals surface area contributed by atoms with E-state index in [1.165, 1.54) is 0 Å². The van der Waals surface area contributed by atoms with Crippen molar-refractivity contribution in [2.75, 3.05) is 0 Å². The molecule has 16 heavy (non-hydrogen) atoms. The van der Waals surface area contributed by atoms with Gasteiger partial charge in [-0.1, -0.05) is 32.1 Å². The Morgan fingerprint density at radius 2 is 1.94 bits per heavy atom. The summed E-state index contributed by atoms with van der Waals surface area (Å²) in [6.07, 6.45) is 4.70. The van der Waals surface area contributed by atoms with Gasteiger partial charge in [-0.3, -0.25) is 9.59 Å². The molecule has 0 spiro atoms. The minimum Gasteiger partial charge on any atom is -0.298 e. The van der Waals surface area contributed by atoms with Gasteiger partial charge in [-0.05, 0) is 25.0 Å². The van der Waals surface area contributed by atoms with Crippen molar-refractivity contribution in [3.8, 4) is 0 Å². The van der Waals surface area contributed by atoms with Crippen LogP contribution in [0.25, 0.3) is 0 Å². The van der Waals surface area contributed by atoms with Crippen LogP contribution in [0.3, 0.4) is 0 Å². The lowest BCUT2D eigenvalue weighted by Crippen LogP contribution is -2.51. The highest BCUT2D eigenvalue weighted by molar-refractivity contribution is 6.87. The van der Waals surface area contributed by atoms with Crippen LogP contribution in [0.2, 0.25) is 19.6 Å². The number of Topliss-reactive ketones (excluding diaryl/α,β-unsaturated/α-hetero) is 2. The summed E-state index contributed by atoms with van der Waals surface area (Å²) in [6, 6.07) is 0. The van der Waals surface area contributed by atoms with Crippen LogP contribution in [-0.4, -0.2) is 19.6 Å². The van der Waals surface area contributed by atoms with E-state index in [9.17, 15) is 9.59 Å². The van der Waals surface area contributed by atoms with Crippen LogP contribution >= 0.6 is 0 Å². The second-order valence-corrected chi connectivity index (χ2v) is 11.4. The molecule has 0 saturated heterocycles. The third-order valence-corrected chi connectivity index (χ3v) is 6.00. The quantitative estimate of drug-likeness (QED) is 0.518. The molecular formula is C13H20O2Si. The molecule has 0 radical (unpaired) electrons. The van der Waals surface area contributed by atoms with Crippen molar-refractivity contribution in [3.63, 3.8) is 0 Å². The molecule has 0 N–H and O–H groups in total. The van der Waals surface area contributed by atoms with Gasteiger partial charge in [-0.25, -0.2) is 0 Å². The molecule has 2 aliphatic rings. The van der Waals surface area contributed by atoms with Crippen molar-refractivity contribution in [2.24, 2.45) is 11.3 Å². The number of fused-ring (bicyclic) bond motifs is 2. The molecule has 3 heteroatoms. The zero-order chi connectivity index (χ0) is 12.1. The molecular weight excluding hydrogens is 216 g/mol. The lowest BCUT2D eigenvalue weighted by atomic mass is 9.64. The van der Waals surface area contributed by atoms with Gasteiger partial charge in [0.15, 0.2) is 11.6 Å². The Morgan fingerprint density at radius 1 is 1.31 bits per heavy atom. The Balaban J connectivity index is 2.52. The summed E-state index contributed by atoms with van der Waals surface area (Å²) in [4.78, 5) is 24.6. The number of ketones is 2. The number of hydrogen-bond acceptors (Lipinski definition) is 2. The zero-order valence-corrected chi connectivity index (χ0v) is 11.6. The molecule has 0 aromatic rings. The third kappa shape index (κ3) is 1.53. The molecule has 2 aliphatic carbocycles. The van der Waals surface area contributed by atoms with Gasteiger partial charge in [0.2, 0.25) is 0 Å². The summed E-state index contributed by atoms with van der Waals surface area (Å²) in [6.45, 7) is 8.42. The van der Waals surface area contributed by atoms with Gasteiger partial charge in [0, 0.05) is 5.92 Å². The smallest absolute Gasteiger partial charge is 0.167 e. The highest BCUT2D eigenvalue weighted by Gasteiger charge is 2.51. The first-order valence-corrected chi connectivity index (χ1v) is 9.58. The Hall–Kier alpha value is -0.703. The van der Waals surface area contributed by atoms with Gasteiger partial charge < -0.3 is 0 Å². The van der Waals surface area contributed by atoms with Gasteiger partial charge >= 0.3 is 0 Å². The Labute approximate surface area is 98.1 Å².